The molecule has 0 bridgehead atoms. The van der Waals surface area contributed by atoms with Crippen LogP contribution in [0.1, 0.15) is 37.8 Å². The summed E-state index contributed by atoms with van der Waals surface area (Å²) in [5.74, 6) is -1.89. The lowest BCUT2D eigenvalue weighted by molar-refractivity contribution is -0.462. The minimum absolute atomic E-state index is 0.0553. The number of hydrogen-bond donors (Lipinski definition) is 1. The summed E-state index contributed by atoms with van der Waals surface area (Å²) in [6.07, 6.45) is 5.88. The van der Waals surface area contributed by atoms with Crippen molar-refractivity contribution in [3.05, 3.63) is 82.6 Å². The van der Waals surface area contributed by atoms with Crippen LogP contribution in [0.3, 0.4) is 0 Å². The first-order valence-corrected chi connectivity index (χ1v) is 10.2. The van der Waals surface area contributed by atoms with Gasteiger partial charge in [-0.15, -0.1) is 0 Å². The Balaban J connectivity index is 1.99. The molecule has 1 N–H and O–H groups in total. The molecule has 2 unspecified atom stereocenters. The van der Waals surface area contributed by atoms with E-state index in [4.69, 9.17) is 4.74 Å². The van der Waals surface area contributed by atoms with E-state index in [1.807, 2.05) is 74.1 Å². The van der Waals surface area contributed by atoms with E-state index in [9.17, 15) is 19.8 Å². The van der Waals surface area contributed by atoms with Crippen LogP contribution < -0.4 is 14.7 Å². The van der Waals surface area contributed by atoms with E-state index < -0.39 is 17.9 Å². The van der Waals surface area contributed by atoms with Crippen molar-refractivity contribution in [3.63, 3.8) is 0 Å². The number of nitrogens with zero attached hydrogens (tertiary/aromatic N) is 2. The number of hydrogen-bond acceptors (Lipinski definition) is 5. The van der Waals surface area contributed by atoms with Crippen molar-refractivity contribution >= 4 is 23.3 Å². The molecule has 0 spiro atoms. The molecule has 0 aromatic heterocycles. The molecule has 0 saturated heterocycles. The number of allylic oxidation sites excluding steroid dienone is 3. The second kappa shape index (κ2) is 8.00. The molecular weight excluding hydrogens is 408 g/mol. The standard InChI is InChI=1S/C25H24N2O5/c1-26(2)15-6-9-18-21(12-15)32-22-13-16(27(3)4)7-10-19(22)23(18)20-11-14(24(28)29)5-8-17(20)25(30)31/h5-13,18,23H,1-4H3,(H-,28,29,30,31). The largest absolute Gasteiger partial charge is 0.545 e. The number of benzene rings is 2. The molecule has 7 heteroatoms. The van der Waals surface area contributed by atoms with E-state index in [1.54, 1.807) is 0 Å². The number of carbonyl (C=O) groups is 2. The van der Waals surface area contributed by atoms with Crippen LogP contribution in [-0.4, -0.2) is 55.5 Å². The fraction of sp³-hybridized carbons (Fsp3) is 0.240. The highest BCUT2D eigenvalue weighted by atomic mass is 16.5. The molecule has 1 aliphatic heterocycles. The van der Waals surface area contributed by atoms with Gasteiger partial charge in [-0.3, -0.25) is 0 Å². The molecule has 1 aliphatic carbocycles. The zero-order chi connectivity index (χ0) is 23.2. The number of carboxylic acid groups (broad SMARTS) is 2. The minimum Gasteiger partial charge on any atom is -0.545 e. The van der Waals surface area contributed by atoms with Crippen LogP contribution in [0.5, 0.6) is 5.75 Å². The van der Waals surface area contributed by atoms with Gasteiger partial charge in [0.25, 0.3) is 0 Å². The monoisotopic (exact) mass is 432 g/mol. The van der Waals surface area contributed by atoms with Crippen LogP contribution >= 0.6 is 0 Å². The van der Waals surface area contributed by atoms with E-state index >= 15 is 0 Å². The van der Waals surface area contributed by atoms with Gasteiger partial charge in [0.2, 0.25) is 5.71 Å². The molecule has 7 nitrogen and oxygen atoms in total. The van der Waals surface area contributed by atoms with E-state index in [-0.39, 0.29) is 17.0 Å². The summed E-state index contributed by atoms with van der Waals surface area (Å²) in [6, 6.07) is 9.78. The van der Waals surface area contributed by atoms with Crippen LogP contribution in [0.4, 0.5) is 5.69 Å². The fourth-order valence-electron chi connectivity index (χ4n) is 4.21. The molecule has 2 aromatic carbocycles. The molecule has 1 heterocycles. The Morgan fingerprint density at radius 1 is 1.09 bits per heavy atom. The molecule has 2 atom stereocenters. The minimum atomic E-state index is -1.35. The number of rotatable bonds is 4. The zero-order valence-corrected chi connectivity index (χ0v) is 18.3. The number of carbonyl (C=O) groups excluding carboxylic acids is 1. The number of carboxylic acids is 2. The topological polar surface area (TPSA) is 92.9 Å². The molecule has 0 fully saturated rings. The quantitative estimate of drug-likeness (QED) is 0.744. The number of fused-ring (bicyclic) bond motifs is 2. The second-order valence-electron chi connectivity index (χ2n) is 8.34. The lowest BCUT2D eigenvalue weighted by atomic mass is 9.74. The van der Waals surface area contributed by atoms with Crippen LogP contribution in [0.2, 0.25) is 0 Å². The van der Waals surface area contributed by atoms with Crippen LogP contribution in [0.15, 0.2) is 60.4 Å². The van der Waals surface area contributed by atoms with Crippen molar-refractivity contribution in [3.8, 4) is 5.75 Å². The highest BCUT2D eigenvalue weighted by molar-refractivity contribution is 6.02. The van der Waals surface area contributed by atoms with Gasteiger partial charge in [0.05, 0.1) is 11.5 Å². The van der Waals surface area contributed by atoms with Crippen molar-refractivity contribution in [1.29, 1.82) is 0 Å². The van der Waals surface area contributed by atoms with E-state index in [0.717, 1.165) is 17.0 Å². The van der Waals surface area contributed by atoms with E-state index in [2.05, 4.69) is 0 Å². The molecule has 0 amide bonds. The van der Waals surface area contributed by atoms with Crippen molar-refractivity contribution in [1.82, 2.24) is 0 Å². The maximum Gasteiger partial charge on any atom is 0.335 e. The summed E-state index contributed by atoms with van der Waals surface area (Å²) in [6.45, 7) is 0. The number of ether oxygens (including phenoxy) is 1. The zero-order valence-electron chi connectivity index (χ0n) is 18.3. The lowest BCUT2D eigenvalue weighted by Crippen LogP contribution is -2.29. The third-order valence-electron chi connectivity index (χ3n) is 5.90. The van der Waals surface area contributed by atoms with Gasteiger partial charge in [0.15, 0.2) is 0 Å². The van der Waals surface area contributed by atoms with E-state index in [0.29, 0.717) is 17.1 Å². The Bertz CT molecular complexity index is 1220. The van der Waals surface area contributed by atoms with Crippen molar-refractivity contribution in [2.24, 2.45) is 5.92 Å². The SMILES string of the molecule is CN(C)c1ccc2c(c1)OC1=CC(=[N+](C)C)C=CC1C2c1cc(C(=O)[O-])ccc1C(=O)O. The smallest absolute Gasteiger partial charge is 0.335 e. The molecule has 0 saturated carbocycles. The fourth-order valence-corrected chi connectivity index (χ4v) is 4.21. The first-order chi connectivity index (χ1) is 15.2. The maximum absolute atomic E-state index is 12.1. The Morgan fingerprint density at radius 3 is 2.47 bits per heavy atom. The highest BCUT2D eigenvalue weighted by Gasteiger charge is 2.39. The molecule has 32 heavy (non-hydrogen) atoms. The third kappa shape index (κ3) is 3.66. The highest BCUT2D eigenvalue weighted by Crippen LogP contribution is 2.49. The van der Waals surface area contributed by atoms with Gasteiger partial charge >= 0.3 is 5.97 Å². The summed E-state index contributed by atoms with van der Waals surface area (Å²) >= 11 is 0. The van der Waals surface area contributed by atoms with Crippen molar-refractivity contribution in [2.45, 2.75) is 5.92 Å². The normalized spacial score (nSPS) is 18.8. The summed E-state index contributed by atoms with van der Waals surface area (Å²) in [5, 5.41) is 21.4. The third-order valence-corrected chi connectivity index (χ3v) is 5.90. The first-order valence-electron chi connectivity index (χ1n) is 10.2. The van der Waals surface area contributed by atoms with Gasteiger partial charge in [-0.1, -0.05) is 18.2 Å². The summed E-state index contributed by atoms with van der Waals surface area (Å²) in [4.78, 5) is 25.6. The first kappa shape index (κ1) is 21.4. The molecule has 0 radical (unpaired) electrons. The predicted octanol–water partition coefficient (Wildman–Crippen LogP) is 2.12. The Hall–Kier alpha value is -3.87. The van der Waals surface area contributed by atoms with Gasteiger partial charge in [-0.25, -0.2) is 9.37 Å². The van der Waals surface area contributed by atoms with Crippen LogP contribution in [-0.2, 0) is 0 Å². The summed E-state index contributed by atoms with van der Waals surface area (Å²) in [5.41, 5.74) is 3.09. The van der Waals surface area contributed by atoms with Crippen molar-refractivity contribution in [2.75, 3.05) is 33.1 Å². The number of aromatic carboxylic acids is 2. The Labute approximate surface area is 186 Å². The predicted molar refractivity (Wildman–Crippen MR) is 119 cm³/mol. The lowest BCUT2D eigenvalue weighted by Gasteiger charge is -2.36. The number of anilines is 1. The van der Waals surface area contributed by atoms with Crippen LogP contribution in [0, 0.1) is 5.92 Å². The molecule has 2 aromatic rings. The summed E-state index contributed by atoms with van der Waals surface area (Å²) < 4.78 is 8.26. The Kier molecular flexibility index (Phi) is 5.34. The van der Waals surface area contributed by atoms with Gasteiger partial charge in [0, 0.05) is 55.4 Å². The van der Waals surface area contributed by atoms with Gasteiger partial charge in [-0.2, -0.15) is 0 Å². The molecule has 164 valence electrons. The Morgan fingerprint density at radius 2 is 1.84 bits per heavy atom. The molecule has 2 aliphatic rings. The average molecular weight is 432 g/mol. The second-order valence-corrected chi connectivity index (χ2v) is 8.34. The van der Waals surface area contributed by atoms with E-state index in [1.165, 1.54) is 18.2 Å². The molecule has 4 rings (SSSR count). The van der Waals surface area contributed by atoms with Gasteiger partial charge in [-0.05, 0) is 29.3 Å². The van der Waals surface area contributed by atoms with Crippen molar-refractivity contribution < 1.29 is 29.1 Å². The molecular formula is C25H24N2O5. The maximum atomic E-state index is 12.1. The van der Waals surface area contributed by atoms with Gasteiger partial charge in [0.1, 0.15) is 25.6 Å². The summed E-state index contributed by atoms with van der Waals surface area (Å²) in [7, 11) is 7.72. The van der Waals surface area contributed by atoms with Gasteiger partial charge < -0.3 is 24.6 Å². The van der Waals surface area contributed by atoms with Crippen LogP contribution in [0.25, 0.3) is 0 Å². The average Bonchev–Trinajstić information content (AvgIpc) is 2.75.